The maximum Gasteiger partial charge on any atom is 0.161 e. The predicted molar refractivity (Wildman–Crippen MR) is 66.7 cm³/mol. The Morgan fingerprint density at radius 2 is 2.00 bits per heavy atom. The maximum absolute atomic E-state index is 10.1. The summed E-state index contributed by atoms with van der Waals surface area (Å²) < 4.78 is 1.69. The molecule has 1 unspecified atom stereocenters. The minimum atomic E-state index is -0.593. The van der Waals surface area contributed by atoms with E-state index in [0.29, 0.717) is 6.54 Å². The van der Waals surface area contributed by atoms with E-state index in [1.807, 2.05) is 30.3 Å². The Morgan fingerprint density at radius 3 is 2.83 bits per heavy atom. The van der Waals surface area contributed by atoms with Gasteiger partial charge in [0.2, 0.25) is 0 Å². The van der Waals surface area contributed by atoms with Crippen molar-refractivity contribution in [3.05, 3.63) is 54.6 Å². The Hall–Kier alpha value is -2.27. The molecular formula is C13H12N4O. The molecule has 0 aliphatic heterocycles. The van der Waals surface area contributed by atoms with Crippen molar-refractivity contribution in [2.75, 3.05) is 0 Å². The van der Waals surface area contributed by atoms with E-state index >= 15 is 0 Å². The fourth-order valence-corrected chi connectivity index (χ4v) is 1.91. The van der Waals surface area contributed by atoms with Gasteiger partial charge in [-0.3, -0.25) is 0 Å². The minimum absolute atomic E-state index is 0.379. The van der Waals surface area contributed by atoms with Gasteiger partial charge in [-0.1, -0.05) is 30.3 Å². The molecular weight excluding hydrogens is 228 g/mol. The molecule has 0 fully saturated rings. The van der Waals surface area contributed by atoms with Crippen LogP contribution in [0.3, 0.4) is 0 Å². The van der Waals surface area contributed by atoms with Gasteiger partial charge < -0.3 is 5.11 Å². The van der Waals surface area contributed by atoms with Crippen LogP contribution < -0.4 is 0 Å². The van der Waals surface area contributed by atoms with Crippen LogP contribution in [0.2, 0.25) is 0 Å². The van der Waals surface area contributed by atoms with E-state index in [9.17, 15) is 5.11 Å². The summed E-state index contributed by atoms with van der Waals surface area (Å²) in [5.41, 5.74) is 1.61. The van der Waals surface area contributed by atoms with E-state index in [2.05, 4.69) is 15.1 Å². The third-order valence-electron chi connectivity index (χ3n) is 2.83. The Labute approximate surface area is 104 Å². The van der Waals surface area contributed by atoms with Crippen LogP contribution in [0.25, 0.3) is 11.0 Å². The average molecular weight is 240 g/mol. The topological polar surface area (TPSA) is 63.8 Å². The van der Waals surface area contributed by atoms with Gasteiger partial charge in [0, 0.05) is 6.20 Å². The lowest BCUT2D eigenvalue weighted by molar-refractivity contribution is 0.153. The molecule has 0 amide bonds. The smallest absolute Gasteiger partial charge is 0.161 e. The molecule has 5 heteroatoms. The Morgan fingerprint density at radius 1 is 1.17 bits per heavy atom. The summed E-state index contributed by atoms with van der Waals surface area (Å²) in [5.74, 6) is 0. The highest BCUT2D eigenvalue weighted by Crippen LogP contribution is 2.16. The molecule has 0 spiro atoms. The zero-order valence-electron chi connectivity index (χ0n) is 9.64. The lowest BCUT2D eigenvalue weighted by Gasteiger charge is -2.11. The number of benzene rings is 1. The van der Waals surface area contributed by atoms with Crippen LogP contribution in [0.15, 0.2) is 49.1 Å². The second kappa shape index (κ2) is 4.54. The first-order valence-electron chi connectivity index (χ1n) is 5.69. The first-order valence-corrected chi connectivity index (χ1v) is 5.69. The standard InChI is InChI=1S/C13H12N4O/c18-12(10-4-2-1-3-5-10)8-17-13-11(7-16-17)6-14-9-15-13/h1-7,9,12,18H,8H2. The molecule has 0 radical (unpaired) electrons. The lowest BCUT2D eigenvalue weighted by atomic mass is 10.1. The highest BCUT2D eigenvalue weighted by Gasteiger charge is 2.11. The van der Waals surface area contributed by atoms with Gasteiger partial charge in [-0.2, -0.15) is 5.10 Å². The van der Waals surface area contributed by atoms with Crippen molar-refractivity contribution in [3.63, 3.8) is 0 Å². The molecule has 2 heterocycles. The summed E-state index contributed by atoms with van der Waals surface area (Å²) in [4.78, 5) is 8.10. The zero-order chi connectivity index (χ0) is 12.4. The molecule has 1 aromatic carbocycles. The van der Waals surface area contributed by atoms with Gasteiger partial charge >= 0.3 is 0 Å². The summed E-state index contributed by atoms with van der Waals surface area (Å²) in [6, 6.07) is 9.52. The van der Waals surface area contributed by atoms with Gasteiger partial charge in [0.05, 0.1) is 24.2 Å². The van der Waals surface area contributed by atoms with Gasteiger partial charge in [-0.05, 0) is 5.56 Å². The molecule has 3 aromatic rings. The highest BCUT2D eigenvalue weighted by atomic mass is 16.3. The largest absolute Gasteiger partial charge is 0.386 e. The molecule has 1 atom stereocenters. The molecule has 1 N–H and O–H groups in total. The van der Waals surface area contributed by atoms with Crippen molar-refractivity contribution in [1.29, 1.82) is 0 Å². The number of aliphatic hydroxyl groups excluding tert-OH is 1. The summed E-state index contributed by atoms with van der Waals surface area (Å²) in [6.45, 7) is 0.379. The van der Waals surface area contributed by atoms with E-state index in [-0.39, 0.29) is 0 Å². The lowest BCUT2D eigenvalue weighted by Crippen LogP contribution is -2.10. The van der Waals surface area contributed by atoms with Crippen LogP contribution >= 0.6 is 0 Å². The van der Waals surface area contributed by atoms with Crippen molar-refractivity contribution in [1.82, 2.24) is 19.7 Å². The molecule has 5 nitrogen and oxygen atoms in total. The third-order valence-corrected chi connectivity index (χ3v) is 2.83. The summed E-state index contributed by atoms with van der Waals surface area (Å²) in [6.07, 6.45) is 4.30. The molecule has 0 saturated carbocycles. The number of hydrogen-bond acceptors (Lipinski definition) is 4. The molecule has 2 aromatic heterocycles. The van der Waals surface area contributed by atoms with Crippen LogP contribution in [0, 0.1) is 0 Å². The number of aliphatic hydroxyl groups is 1. The monoisotopic (exact) mass is 240 g/mol. The van der Waals surface area contributed by atoms with E-state index in [4.69, 9.17) is 0 Å². The van der Waals surface area contributed by atoms with Crippen molar-refractivity contribution in [2.45, 2.75) is 12.6 Å². The van der Waals surface area contributed by atoms with Crippen molar-refractivity contribution in [3.8, 4) is 0 Å². The number of fused-ring (bicyclic) bond motifs is 1. The normalized spacial score (nSPS) is 12.7. The fourth-order valence-electron chi connectivity index (χ4n) is 1.91. The number of nitrogens with zero attached hydrogens (tertiary/aromatic N) is 4. The first-order chi connectivity index (χ1) is 8.84. The minimum Gasteiger partial charge on any atom is -0.386 e. The predicted octanol–water partition coefficient (Wildman–Crippen LogP) is 1.56. The molecule has 0 aliphatic carbocycles. The zero-order valence-corrected chi connectivity index (χ0v) is 9.64. The van der Waals surface area contributed by atoms with Crippen LogP contribution in [-0.4, -0.2) is 24.9 Å². The second-order valence-electron chi connectivity index (χ2n) is 4.05. The number of rotatable bonds is 3. The van der Waals surface area contributed by atoms with E-state index in [0.717, 1.165) is 16.6 Å². The van der Waals surface area contributed by atoms with Crippen molar-refractivity contribution >= 4 is 11.0 Å². The van der Waals surface area contributed by atoms with E-state index < -0.39 is 6.10 Å². The highest BCUT2D eigenvalue weighted by molar-refractivity contribution is 5.72. The molecule has 0 saturated heterocycles. The van der Waals surface area contributed by atoms with Gasteiger partial charge in [0.25, 0.3) is 0 Å². The van der Waals surface area contributed by atoms with Crippen LogP contribution in [0.4, 0.5) is 0 Å². The quantitative estimate of drug-likeness (QED) is 0.754. The van der Waals surface area contributed by atoms with Gasteiger partial charge in [-0.25, -0.2) is 14.6 Å². The SMILES string of the molecule is OC(Cn1ncc2cncnc21)c1ccccc1. The summed E-state index contributed by atoms with van der Waals surface area (Å²) >= 11 is 0. The molecule has 0 bridgehead atoms. The van der Waals surface area contributed by atoms with Gasteiger partial charge in [0.15, 0.2) is 5.65 Å². The van der Waals surface area contributed by atoms with E-state index in [1.54, 1.807) is 17.1 Å². The number of hydrogen-bond donors (Lipinski definition) is 1. The van der Waals surface area contributed by atoms with Gasteiger partial charge in [0.1, 0.15) is 6.33 Å². The van der Waals surface area contributed by atoms with Crippen molar-refractivity contribution in [2.24, 2.45) is 0 Å². The molecule has 18 heavy (non-hydrogen) atoms. The number of aromatic nitrogens is 4. The third kappa shape index (κ3) is 1.96. The first kappa shape index (κ1) is 10.9. The second-order valence-corrected chi connectivity index (χ2v) is 4.05. The Balaban J connectivity index is 1.89. The summed E-state index contributed by atoms with van der Waals surface area (Å²) in [5, 5.41) is 15.2. The molecule has 0 aliphatic rings. The Kier molecular flexibility index (Phi) is 2.74. The average Bonchev–Trinajstić information content (AvgIpc) is 2.83. The van der Waals surface area contributed by atoms with Crippen LogP contribution in [0.5, 0.6) is 0 Å². The van der Waals surface area contributed by atoms with Gasteiger partial charge in [-0.15, -0.1) is 0 Å². The molecule has 3 rings (SSSR count). The van der Waals surface area contributed by atoms with E-state index in [1.165, 1.54) is 6.33 Å². The Bertz CT molecular complexity index is 650. The fraction of sp³-hybridized carbons (Fsp3) is 0.154. The molecule has 90 valence electrons. The van der Waals surface area contributed by atoms with Crippen LogP contribution in [-0.2, 0) is 6.54 Å². The maximum atomic E-state index is 10.1. The van der Waals surface area contributed by atoms with Crippen LogP contribution in [0.1, 0.15) is 11.7 Å². The summed E-state index contributed by atoms with van der Waals surface area (Å²) in [7, 11) is 0. The van der Waals surface area contributed by atoms with Crippen molar-refractivity contribution < 1.29 is 5.11 Å².